The van der Waals surface area contributed by atoms with Crippen molar-refractivity contribution in [2.75, 3.05) is 32.2 Å². The molecule has 0 aliphatic carbocycles. The summed E-state index contributed by atoms with van der Waals surface area (Å²) < 4.78 is 5.04. The molecule has 0 amide bonds. The Hall–Kier alpha value is -1.94. The van der Waals surface area contributed by atoms with E-state index >= 15 is 0 Å². The van der Waals surface area contributed by atoms with Crippen molar-refractivity contribution in [3.05, 3.63) is 35.9 Å². The largest absolute Gasteiger partial charge is 0.383 e. The number of para-hydroxylation sites is 1. The second-order valence-electron chi connectivity index (χ2n) is 4.13. The number of hydrogen-bond donors (Lipinski definition) is 0. The van der Waals surface area contributed by atoms with Crippen molar-refractivity contribution >= 4 is 23.0 Å². The van der Waals surface area contributed by atoms with Crippen LogP contribution in [-0.4, -0.2) is 38.6 Å². The van der Waals surface area contributed by atoms with Gasteiger partial charge in [-0.1, -0.05) is 18.2 Å². The number of hydrogen-bond acceptors (Lipinski definition) is 4. The average Bonchev–Trinajstić information content (AvgIpc) is 2.43. The van der Waals surface area contributed by atoms with E-state index in [0.29, 0.717) is 24.5 Å². The van der Waals surface area contributed by atoms with Crippen LogP contribution in [0.4, 0.5) is 5.82 Å². The fourth-order valence-corrected chi connectivity index (χ4v) is 1.85. The van der Waals surface area contributed by atoms with Crippen LogP contribution in [0.25, 0.3) is 10.9 Å². The molecule has 0 aliphatic rings. The van der Waals surface area contributed by atoms with Crippen LogP contribution in [0.15, 0.2) is 30.3 Å². The second kappa shape index (κ2) is 5.60. The van der Waals surface area contributed by atoms with E-state index in [4.69, 9.17) is 4.74 Å². The molecular formula is C14H16N2O2. The number of rotatable bonds is 5. The molecule has 0 radical (unpaired) electrons. The van der Waals surface area contributed by atoms with E-state index in [-0.39, 0.29) is 0 Å². The van der Waals surface area contributed by atoms with E-state index in [0.717, 1.165) is 17.2 Å². The predicted molar refractivity (Wildman–Crippen MR) is 72.3 cm³/mol. The van der Waals surface area contributed by atoms with Crippen LogP contribution in [0.3, 0.4) is 0 Å². The third-order valence-corrected chi connectivity index (χ3v) is 2.85. The summed E-state index contributed by atoms with van der Waals surface area (Å²) in [5, 5.41) is 0.975. The Bertz CT molecular complexity index is 554. The van der Waals surface area contributed by atoms with Gasteiger partial charge in [0.05, 0.1) is 17.7 Å². The molecule has 0 aliphatic heterocycles. The van der Waals surface area contributed by atoms with Gasteiger partial charge in [-0.25, -0.2) is 4.98 Å². The van der Waals surface area contributed by atoms with Gasteiger partial charge < -0.3 is 9.64 Å². The Morgan fingerprint density at radius 2 is 2.17 bits per heavy atom. The lowest BCUT2D eigenvalue weighted by molar-refractivity contribution is 0.112. The number of carbonyl (C=O) groups is 1. The van der Waals surface area contributed by atoms with E-state index in [9.17, 15) is 4.79 Å². The van der Waals surface area contributed by atoms with E-state index in [1.807, 2.05) is 42.3 Å². The van der Waals surface area contributed by atoms with Gasteiger partial charge in [-0.15, -0.1) is 0 Å². The molecule has 0 saturated carbocycles. The average molecular weight is 244 g/mol. The van der Waals surface area contributed by atoms with E-state index in [1.165, 1.54) is 0 Å². The highest BCUT2D eigenvalue weighted by Crippen LogP contribution is 2.21. The first-order chi connectivity index (χ1) is 8.76. The number of carbonyl (C=O) groups excluding carboxylic acids is 1. The van der Waals surface area contributed by atoms with Crippen LogP contribution in [-0.2, 0) is 4.74 Å². The Morgan fingerprint density at radius 3 is 2.89 bits per heavy atom. The maximum Gasteiger partial charge on any atom is 0.153 e. The third kappa shape index (κ3) is 2.49. The van der Waals surface area contributed by atoms with Gasteiger partial charge in [0.1, 0.15) is 5.82 Å². The molecule has 4 nitrogen and oxygen atoms in total. The normalized spacial score (nSPS) is 10.6. The van der Waals surface area contributed by atoms with Crippen molar-refractivity contribution in [2.24, 2.45) is 0 Å². The number of anilines is 1. The molecule has 4 heteroatoms. The van der Waals surface area contributed by atoms with Crippen LogP contribution >= 0.6 is 0 Å². The Morgan fingerprint density at radius 1 is 1.39 bits per heavy atom. The van der Waals surface area contributed by atoms with Gasteiger partial charge in [-0.3, -0.25) is 4.79 Å². The SMILES string of the molecule is COCCN(C)c1nc2ccccc2cc1C=O. The van der Waals surface area contributed by atoms with Gasteiger partial charge in [0.15, 0.2) is 6.29 Å². The van der Waals surface area contributed by atoms with Crippen LogP contribution in [0, 0.1) is 0 Å². The number of fused-ring (bicyclic) bond motifs is 1. The summed E-state index contributed by atoms with van der Waals surface area (Å²) >= 11 is 0. The van der Waals surface area contributed by atoms with E-state index in [2.05, 4.69) is 4.98 Å². The summed E-state index contributed by atoms with van der Waals surface area (Å²) in [6, 6.07) is 9.64. The van der Waals surface area contributed by atoms with Gasteiger partial charge in [0.2, 0.25) is 0 Å². The monoisotopic (exact) mass is 244 g/mol. The molecule has 0 atom stereocenters. The first-order valence-electron chi connectivity index (χ1n) is 5.81. The lowest BCUT2D eigenvalue weighted by atomic mass is 10.1. The molecule has 1 aromatic carbocycles. The lowest BCUT2D eigenvalue weighted by Crippen LogP contribution is -2.24. The predicted octanol–water partition coefficient (Wildman–Crippen LogP) is 2.13. The van der Waals surface area contributed by atoms with Crippen molar-refractivity contribution < 1.29 is 9.53 Å². The van der Waals surface area contributed by atoms with Crippen LogP contribution < -0.4 is 4.90 Å². The zero-order valence-electron chi connectivity index (χ0n) is 10.6. The number of methoxy groups -OCH3 is 1. The van der Waals surface area contributed by atoms with E-state index in [1.54, 1.807) is 7.11 Å². The summed E-state index contributed by atoms with van der Waals surface area (Å²) in [6.07, 6.45) is 0.845. The first kappa shape index (κ1) is 12.5. The fraction of sp³-hybridized carbons (Fsp3) is 0.286. The Balaban J connectivity index is 2.44. The van der Waals surface area contributed by atoms with Gasteiger partial charge >= 0.3 is 0 Å². The molecule has 0 bridgehead atoms. The number of likely N-dealkylation sites (N-methyl/N-ethyl adjacent to an activating group) is 1. The highest BCUT2D eigenvalue weighted by molar-refractivity contribution is 5.91. The molecule has 0 saturated heterocycles. The van der Waals surface area contributed by atoms with Crippen LogP contribution in [0.5, 0.6) is 0 Å². The van der Waals surface area contributed by atoms with Gasteiger partial charge in [-0.2, -0.15) is 0 Å². The molecular weight excluding hydrogens is 228 g/mol. The Labute approximate surface area is 106 Å². The maximum atomic E-state index is 11.2. The first-order valence-corrected chi connectivity index (χ1v) is 5.81. The maximum absolute atomic E-state index is 11.2. The van der Waals surface area contributed by atoms with Crippen molar-refractivity contribution in [3.63, 3.8) is 0 Å². The van der Waals surface area contributed by atoms with Crippen molar-refractivity contribution in [2.45, 2.75) is 0 Å². The van der Waals surface area contributed by atoms with Gasteiger partial charge in [-0.05, 0) is 12.1 Å². The third-order valence-electron chi connectivity index (χ3n) is 2.85. The van der Waals surface area contributed by atoms with Crippen LogP contribution in [0.1, 0.15) is 10.4 Å². The Kier molecular flexibility index (Phi) is 3.89. The minimum atomic E-state index is 0.600. The molecule has 0 fully saturated rings. The summed E-state index contributed by atoms with van der Waals surface area (Å²) in [6.45, 7) is 1.30. The molecule has 2 rings (SSSR count). The van der Waals surface area contributed by atoms with Gasteiger partial charge in [0, 0.05) is 26.1 Å². The highest BCUT2D eigenvalue weighted by Gasteiger charge is 2.10. The highest BCUT2D eigenvalue weighted by atomic mass is 16.5. The fourth-order valence-electron chi connectivity index (χ4n) is 1.85. The number of benzene rings is 1. The molecule has 2 aromatic rings. The summed E-state index contributed by atoms with van der Waals surface area (Å²) in [7, 11) is 3.56. The summed E-state index contributed by atoms with van der Waals surface area (Å²) in [5.74, 6) is 0.695. The van der Waals surface area contributed by atoms with E-state index < -0.39 is 0 Å². The lowest BCUT2D eigenvalue weighted by Gasteiger charge is -2.19. The van der Waals surface area contributed by atoms with Gasteiger partial charge in [0.25, 0.3) is 0 Å². The topological polar surface area (TPSA) is 42.4 Å². The number of aromatic nitrogens is 1. The van der Waals surface area contributed by atoms with Crippen molar-refractivity contribution in [1.29, 1.82) is 0 Å². The minimum Gasteiger partial charge on any atom is -0.383 e. The zero-order chi connectivity index (χ0) is 13.0. The zero-order valence-corrected chi connectivity index (χ0v) is 10.6. The minimum absolute atomic E-state index is 0.600. The quantitative estimate of drug-likeness (QED) is 0.756. The molecule has 0 N–H and O–H groups in total. The van der Waals surface area contributed by atoms with Crippen molar-refractivity contribution in [3.8, 4) is 0 Å². The summed E-state index contributed by atoms with van der Waals surface area (Å²) in [5.41, 5.74) is 1.50. The number of ether oxygens (including phenoxy) is 1. The summed E-state index contributed by atoms with van der Waals surface area (Å²) in [4.78, 5) is 17.6. The van der Waals surface area contributed by atoms with Crippen molar-refractivity contribution in [1.82, 2.24) is 4.98 Å². The molecule has 94 valence electrons. The second-order valence-corrected chi connectivity index (χ2v) is 4.13. The number of aldehydes is 1. The number of nitrogens with zero attached hydrogens (tertiary/aromatic N) is 2. The molecule has 1 aromatic heterocycles. The molecule has 0 unspecified atom stereocenters. The molecule has 1 heterocycles. The number of pyridine rings is 1. The molecule has 18 heavy (non-hydrogen) atoms. The van der Waals surface area contributed by atoms with Crippen LogP contribution in [0.2, 0.25) is 0 Å². The smallest absolute Gasteiger partial charge is 0.153 e. The molecule has 0 spiro atoms. The standard InChI is InChI=1S/C14H16N2O2/c1-16(7-8-18-2)14-12(10-17)9-11-5-3-4-6-13(11)15-14/h3-6,9-10H,7-8H2,1-2H3.